The lowest BCUT2D eigenvalue weighted by atomic mass is 10.2. The van der Waals surface area contributed by atoms with Crippen molar-refractivity contribution in [2.24, 2.45) is 0 Å². The second kappa shape index (κ2) is 8.14. The molecule has 0 saturated heterocycles. The third kappa shape index (κ3) is 4.82. The summed E-state index contributed by atoms with van der Waals surface area (Å²) in [6, 6.07) is 4.21. The van der Waals surface area contributed by atoms with E-state index in [2.05, 4.69) is 34.3 Å². The van der Waals surface area contributed by atoms with Crippen LogP contribution in [0, 0.1) is 0 Å². The number of thiophene rings is 1. The molecule has 0 radical (unpaired) electrons. The molecule has 2 aromatic rings. The highest BCUT2D eigenvalue weighted by atomic mass is 32.1. The van der Waals surface area contributed by atoms with E-state index in [0.29, 0.717) is 19.4 Å². The van der Waals surface area contributed by atoms with Crippen LogP contribution in [0.25, 0.3) is 0 Å². The van der Waals surface area contributed by atoms with Crippen molar-refractivity contribution in [3.05, 3.63) is 33.5 Å². The van der Waals surface area contributed by atoms with E-state index < -0.39 is 0 Å². The van der Waals surface area contributed by atoms with Crippen LogP contribution in [0.5, 0.6) is 0 Å². The average Bonchev–Trinajstić information content (AvgIpc) is 3.14. The van der Waals surface area contributed by atoms with Crippen LogP contribution in [-0.4, -0.2) is 24.1 Å². The number of hydrogen-bond donors (Lipinski definition) is 0. The number of esters is 1. The van der Waals surface area contributed by atoms with E-state index in [1.165, 1.54) is 4.88 Å². The topological polar surface area (TPSA) is 42.4 Å². The maximum Gasteiger partial charge on any atom is 0.306 e. The molecule has 114 valence electrons. The summed E-state index contributed by atoms with van der Waals surface area (Å²) >= 11 is 3.40. The van der Waals surface area contributed by atoms with E-state index in [4.69, 9.17) is 4.74 Å². The molecule has 6 heteroatoms. The largest absolute Gasteiger partial charge is 0.466 e. The lowest BCUT2D eigenvalue weighted by molar-refractivity contribution is -0.143. The molecule has 0 aliphatic heterocycles. The maximum absolute atomic E-state index is 11.4. The number of hydrogen-bond acceptors (Lipinski definition) is 6. The van der Waals surface area contributed by atoms with Crippen molar-refractivity contribution in [3.8, 4) is 0 Å². The van der Waals surface area contributed by atoms with Gasteiger partial charge in [0, 0.05) is 23.2 Å². The first kappa shape index (κ1) is 16.0. The zero-order valence-corrected chi connectivity index (χ0v) is 14.0. The molecule has 0 bridgehead atoms. The average molecular weight is 324 g/mol. The summed E-state index contributed by atoms with van der Waals surface area (Å²) in [5.41, 5.74) is 0.965. The van der Waals surface area contributed by atoms with Crippen LogP contribution in [0.1, 0.15) is 30.8 Å². The number of nitrogens with zero attached hydrogens (tertiary/aromatic N) is 2. The second-order valence-electron chi connectivity index (χ2n) is 4.52. The molecule has 0 N–H and O–H groups in total. The van der Waals surface area contributed by atoms with Crippen molar-refractivity contribution in [2.45, 2.75) is 33.2 Å². The molecule has 0 fully saturated rings. The standard InChI is InChI=1S/C15H20N2O2S2/c1-3-17(10-13-6-5-9-20-13)15-16-12(11-21-15)7-8-14(18)19-4-2/h5-6,9,11H,3-4,7-8,10H2,1-2H3. The highest BCUT2D eigenvalue weighted by molar-refractivity contribution is 7.13. The van der Waals surface area contributed by atoms with Crippen LogP contribution in [0.3, 0.4) is 0 Å². The lowest BCUT2D eigenvalue weighted by Gasteiger charge is -2.18. The first-order chi connectivity index (χ1) is 10.2. The summed E-state index contributed by atoms with van der Waals surface area (Å²) in [5, 5.41) is 5.14. The van der Waals surface area contributed by atoms with E-state index in [9.17, 15) is 4.79 Å². The fraction of sp³-hybridized carbons (Fsp3) is 0.467. The van der Waals surface area contributed by atoms with Crippen molar-refractivity contribution < 1.29 is 9.53 Å². The Hall–Kier alpha value is -1.40. The van der Waals surface area contributed by atoms with E-state index in [1.807, 2.05) is 12.3 Å². The minimum Gasteiger partial charge on any atom is -0.466 e. The van der Waals surface area contributed by atoms with Gasteiger partial charge in [-0.3, -0.25) is 4.79 Å². The van der Waals surface area contributed by atoms with Crippen LogP contribution >= 0.6 is 22.7 Å². The molecule has 0 aliphatic rings. The number of aromatic nitrogens is 1. The lowest BCUT2D eigenvalue weighted by Crippen LogP contribution is -2.21. The van der Waals surface area contributed by atoms with Gasteiger partial charge in [0.25, 0.3) is 0 Å². The number of thiazole rings is 1. The quantitative estimate of drug-likeness (QED) is 0.694. The van der Waals surface area contributed by atoms with Crippen LogP contribution in [0.2, 0.25) is 0 Å². The predicted octanol–water partition coefficient (Wildman–Crippen LogP) is 3.73. The van der Waals surface area contributed by atoms with Gasteiger partial charge in [-0.2, -0.15) is 0 Å². The Balaban J connectivity index is 1.92. The van der Waals surface area contributed by atoms with E-state index >= 15 is 0 Å². The Morgan fingerprint density at radius 2 is 2.24 bits per heavy atom. The van der Waals surface area contributed by atoms with Gasteiger partial charge >= 0.3 is 5.97 Å². The third-order valence-corrected chi connectivity index (χ3v) is 4.82. The number of rotatable bonds is 8. The van der Waals surface area contributed by atoms with Crippen LogP contribution in [-0.2, 0) is 22.5 Å². The first-order valence-electron chi connectivity index (χ1n) is 7.10. The van der Waals surface area contributed by atoms with Gasteiger partial charge < -0.3 is 9.64 Å². The molecule has 21 heavy (non-hydrogen) atoms. The van der Waals surface area contributed by atoms with Gasteiger partial charge in [-0.05, 0) is 25.3 Å². The Labute approximate surface area is 133 Å². The van der Waals surface area contributed by atoms with Crippen molar-refractivity contribution >= 4 is 33.8 Å². The molecule has 2 rings (SSSR count). The van der Waals surface area contributed by atoms with E-state index in [1.54, 1.807) is 22.7 Å². The number of aryl methyl sites for hydroxylation is 1. The molecular formula is C15H20N2O2S2. The van der Waals surface area contributed by atoms with Crippen molar-refractivity contribution in [1.82, 2.24) is 4.98 Å². The molecule has 4 nitrogen and oxygen atoms in total. The highest BCUT2D eigenvalue weighted by Gasteiger charge is 2.12. The molecule has 2 aromatic heterocycles. The second-order valence-corrected chi connectivity index (χ2v) is 6.39. The summed E-state index contributed by atoms with van der Waals surface area (Å²) in [6.45, 7) is 6.20. The van der Waals surface area contributed by atoms with Crippen molar-refractivity contribution in [2.75, 3.05) is 18.1 Å². The van der Waals surface area contributed by atoms with Gasteiger partial charge in [-0.25, -0.2) is 4.98 Å². The highest BCUT2D eigenvalue weighted by Crippen LogP contribution is 2.24. The zero-order chi connectivity index (χ0) is 15.1. The number of carbonyl (C=O) groups excluding carboxylic acids is 1. The van der Waals surface area contributed by atoms with E-state index in [0.717, 1.165) is 23.9 Å². The Bertz CT molecular complexity index is 552. The van der Waals surface area contributed by atoms with Gasteiger partial charge in [0.1, 0.15) is 0 Å². The number of carbonyl (C=O) groups is 1. The van der Waals surface area contributed by atoms with Gasteiger partial charge in [0.2, 0.25) is 0 Å². The summed E-state index contributed by atoms with van der Waals surface area (Å²) in [6.07, 6.45) is 1.04. The van der Waals surface area contributed by atoms with Gasteiger partial charge in [-0.15, -0.1) is 22.7 Å². The van der Waals surface area contributed by atoms with Crippen molar-refractivity contribution in [3.63, 3.8) is 0 Å². The minimum atomic E-state index is -0.155. The molecular weight excluding hydrogens is 304 g/mol. The summed E-state index contributed by atoms with van der Waals surface area (Å²) in [5.74, 6) is -0.155. The number of anilines is 1. The molecule has 0 spiro atoms. The van der Waals surface area contributed by atoms with Gasteiger partial charge in [0.15, 0.2) is 5.13 Å². The Morgan fingerprint density at radius 3 is 2.90 bits per heavy atom. The molecule has 0 atom stereocenters. The Kier molecular flexibility index (Phi) is 6.20. The SMILES string of the molecule is CCOC(=O)CCc1csc(N(CC)Cc2cccs2)n1. The molecule has 0 saturated carbocycles. The van der Waals surface area contributed by atoms with Crippen LogP contribution in [0.15, 0.2) is 22.9 Å². The van der Waals surface area contributed by atoms with Crippen molar-refractivity contribution in [1.29, 1.82) is 0 Å². The smallest absolute Gasteiger partial charge is 0.306 e. The fourth-order valence-electron chi connectivity index (χ4n) is 1.92. The normalized spacial score (nSPS) is 10.6. The molecule has 2 heterocycles. The number of ether oxygens (including phenoxy) is 1. The van der Waals surface area contributed by atoms with Crippen LogP contribution in [0.4, 0.5) is 5.13 Å². The summed E-state index contributed by atoms with van der Waals surface area (Å²) in [7, 11) is 0. The molecule has 0 aliphatic carbocycles. The summed E-state index contributed by atoms with van der Waals surface area (Å²) < 4.78 is 4.94. The first-order valence-corrected chi connectivity index (χ1v) is 8.86. The minimum absolute atomic E-state index is 0.155. The Morgan fingerprint density at radius 1 is 1.38 bits per heavy atom. The predicted molar refractivity (Wildman–Crippen MR) is 88.1 cm³/mol. The van der Waals surface area contributed by atoms with Crippen LogP contribution < -0.4 is 4.90 Å². The fourth-order valence-corrected chi connectivity index (χ4v) is 3.57. The molecule has 0 amide bonds. The summed E-state index contributed by atoms with van der Waals surface area (Å²) in [4.78, 5) is 19.6. The van der Waals surface area contributed by atoms with E-state index in [-0.39, 0.29) is 5.97 Å². The molecule has 0 unspecified atom stereocenters. The molecule has 0 aromatic carbocycles. The monoisotopic (exact) mass is 324 g/mol. The van der Waals surface area contributed by atoms with Gasteiger partial charge in [-0.1, -0.05) is 6.07 Å². The maximum atomic E-state index is 11.4. The zero-order valence-electron chi connectivity index (χ0n) is 12.4. The third-order valence-electron chi connectivity index (χ3n) is 3.01. The van der Waals surface area contributed by atoms with Gasteiger partial charge in [0.05, 0.1) is 25.3 Å².